The van der Waals surface area contributed by atoms with Gasteiger partial charge in [0.1, 0.15) is 5.00 Å². The number of nitrogens with zero attached hydrogens (tertiary/aromatic N) is 2. The van der Waals surface area contributed by atoms with Crippen molar-refractivity contribution in [2.75, 3.05) is 18.9 Å². The summed E-state index contributed by atoms with van der Waals surface area (Å²) in [5.74, 6) is -0.846. The van der Waals surface area contributed by atoms with Crippen LogP contribution in [0.2, 0.25) is 0 Å². The van der Waals surface area contributed by atoms with Crippen LogP contribution in [0.3, 0.4) is 0 Å². The zero-order chi connectivity index (χ0) is 17.3. The predicted octanol–water partition coefficient (Wildman–Crippen LogP) is 2.38. The minimum Gasteiger partial charge on any atom is -0.365 e. The first-order valence-electron chi connectivity index (χ1n) is 7.44. The molecule has 2 amide bonds. The first kappa shape index (κ1) is 18.9. The van der Waals surface area contributed by atoms with Crippen molar-refractivity contribution in [3.63, 3.8) is 0 Å². The van der Waals surface area contributed by atoms with Crippen LogP contribution in [0, 0.1) is 11.3 Å². The fourth-order valence-corrected chi connectivity index (χ4v) is 4.08. The standard InChI is InChI=1S/C17H16N4O2S.ClH/c1-21-7-6-12-13(9-21)24-17(14(12)15(19)22)20-16(23)11-4-2-10(8-18)3-5-11;/h2-5H,6-7,9H2,1H3,(H2,19,22)(H,20,23);1H. The highest BCUT2D eigenvalue weighted by Gasteiger charge is 2.26. The quantitative estimate of drug-likeness (QED) is 0.858. The van der Waals surface area contributed by atoms with Gasteiger partial charge >= 0.3 is 0 Å². The first-order chi connectivity index (χ1) is 11.5. The average Bonchev–Trinajstić information content (AvgIpc) is 2.91. The highest BCUT2D eigenvalue weighted by molar-refractivity contribution is 7.17. The zero-order valence-corrected chi connectivity index (χ0v) is 15.2. The summed E-state index contributed by atoms with van der Waals surface area (Å²) >= 11 is 1.40. The number of benzene rings is 1. The van der Waals surface area contributed by atoms with Crippen molar-refractivity contribution < 1.29 is 9.59 Å². The Bertz CT molecular complexity index is 855. The molecule has 0 spiro atoms. The largest absolute Gasteiger partial charge is 0.365 e. The van der Waals surface area contributed by atoms with Crippen molar-refractivity contribution >= 4 is 40.6 Å². The minimum absolute atomic E-state index is 0. The van der Waals surface area contributed by atoms with Gasteiger partial charge in [-0.1, -0.05) is 0 Å². The van der Waals surface area contributed by atoms with Crippen molar-refractivity contribution in [1.82, 2.24) is 4.90 Å². The third-order valence-electron chi connectivity index (χ3n) is 4.00. The number of halogens is 1. The van der Waals surface area contributed by atoms with Crippen LogP contribution in [0.4, 0.5) is 5.00 Å². The Morgan fingerprint density at radius 2 is 2.00 bits per heavy atom. The van der Waals surface area contributed by atoms with Crippen LogP contribution in [0.5, 0.6) is 0 Å². The highest BCUT2D eigenvalue weighted by Crippen LogP contribution is 2.36. The fourth-order valence-electron chi connectivity index (χ4n) is 2.75. The van der Waals surface area contributed by atoms with Gasteiger partial charge in [0.2, 0.25) is 0 Å². The molecule has 2 heterocycles. The SMILES string of the molecule is CN1CCc2c(sc(NC(=O)c3ccc(C#N)cc3)c2C(N)=O)C1.Cl. The lowest BCUT2D eigenvalue weighted by Gasteiger charge is -2.22. The molecule has 1 aliphatic rings. The maximum absolute atomic E-state index is 12.4. The van der Waals surface area contributed by atoms with Crippen LogP contribution < -0.4 is 11.1 Å². The second-order valence-electron chi connectivity index (χ2n) is 5.70. The van der Waals surface area contributed by atoms with Crippen molar-refractivity contribution in [1.29, 1.82) is 5.26 Å². The van der Waals surface area contributed by atoms with Crippen molar-refractivity contribution in [3.8, 4) is 6.07 Å². The molecule has 25 heavy (non-hydrogen) atoms. The number of rotatable bonds is 3. The number of nitrogens with one attached hydrogen (secondary N) is 1. The Morgan fingerprint density at radius 1 is 1.32 bits per heavy atom. The van der Waals surface area contributed by atoms with E-state index in [-0.39, 0.29) is 18.3 Å². The van der Waals surface area contributed by atoms with E-state index in [0.717, 1.165) is 30.0 Å². The number of carbonyl (C=O) groups excluding carboxylic acids is 2. The third kappa shape index (κ3) is 3.82. The maximum atomic E-state index is 12.4. The van der Waals surface area contributed by atoms with Gasteiger partial charge < -0.3 is 16.0 Å². The van der Waals surface area contributed by atoms with Crippen LogP contribution in [0.1, 0.15) is 36.7 Å². The van der Waals surface area contributed by atoms with E-state index in [0.29, 0.717) is 21.7 Å². The van der Waals surface area contributed by atoms with Crippen LogP contribution in [0.25, 0.3) is 0 Å². The lowest BCUT2D eigenvalue weighted by atomic mass is 10.0. The summed E-state index contributed by atoms with van der Waals surface area (Å²) in [6.07, 6.45) is 0.743. The van der Waals surface area contributed by atoms with Crippen LogP contribution >= 0.6 is 23.7 Å². The molecule has 2 aromatic rings. The molecule has 0 unspecified atom stereocenters. The Kier molecular flexibility index (Phi) is 5.80. The monoisotopic (exact) mass is 376 g/mol. The van der Waals surface area contributed by atoms with Gasteiger partial charge in [0.05, 0.1) is 17.2 Å². The summed E-state index contributed by atoms with van der Waals surface area (Å²) in [6.45, 7) is 1.60. The summed E-state index contributed by atoms with van der Waals surface area (Å²) in [6, 6.07) is 8.34. The van der Waals surface area contributed by atoms with E-state index in [1.807, 2.05) is 13.1 Å². The summed E-state index contributed by atoms with van der Waals surface area (Å²) in [4.78, 5) is 27.5. The van der Waals surface area contributed by atoms with Gasteiger partial charge in [-0.05, 0) is 43.3 Å². The van der Waals surface area contributed by atoms with Gasteiger partial charge in [0.15, 0.2) is 0 Å². The summed E-state index contributed by atoms with van der Waals surface area (Å²) in [5, 5.41) is 12.1. The van der Waals surface area contributed by atoms with Crippen molar-refractivity contribution in [2.24, 2.45) is 5.73 Å². The van der Waals surface area contributed by atoms with E-state index in [4.69, 9.17) is 11.0 Å². The van der Waals surface area contributed by atoms with Crippen molar-refractivity contribution in [3.05, 3.63) is 51.4 Å². The Labute approximate surface area is 155 Å². The zero-order valence-electron chi connectivity index (χ0n) is 13.5. The van der Waals surface area contributed by atoms with Gasteiger partial charge in [0.25, 0.3) is 11.8 Å². The molecule has 0 saturated heterocycles. The Hall–Kier alpha value is -2.40. The summed E-state index contributed by atoms with van der Waals surface area (Å²) < 4.78 is 0. The predicted molar refractivity (Wildman–Crippen MR) is 99.2 cm³/mol. The van der Waals surface area contributed by atoms with Crippen LogP contribution in [-0.2, 0) is 13.0 Å². The Morgan fingerprint density at radius 3 is 2.60 bits per heavy atom. The number of nitriles is 1. The number of primary amides is 1. The number of hydrogen-bond donors (Lipinski definition) is 2. The molecule has 0 aliphatic carbocycles. The normalized spacial score (nSPS) is 13.3. The molecule has 0 atom stereocenters. The molecule has 6 nitrogen and oxygen atoms in total. The average molecular weight is 377 g/mol. The van der Waals surface area contributed by atoms with Crippen LogP contribution in [0.15, 0.2) is 24.3 Å². The lowest BCUT2D eigenvalue weighted by Crippen LogP contribution is -2.27. The molecule has 0 radical (unpaired) electrons. The molecule has 0 bridgehead atoms. The smallest absolute Gasteiger partial charge is 0.256 e. The minimum atomic E-state index is -0.521. The van der Waals surface area contributed by atoms with E-state index in [2.05, 4.69) is 10.2 Å². The molecule has 8 heteroatoms. The first-order valence-corrected chi connectivity index (χ1v) is 8.25. The van der Waals surface area contributed by atoms with E-state index in [9.17, 15) is 9.59 Å². The maximum Gasteiger partial charge on any atom is 0.256 e. The molecular weight excluding hydrogens is 360 g/mol. The second-order valence-corrected chi connectivity index (χ2v) is 6.81. The fraction of sp³-hybridized carbons (Fsp3) is 0.235. The number of anilines is 1. The summed E-state index contributed by atoms with van der Waals surface area (Å²) in [7, 11) is 2.02. The van der Waals surface area contributed by atoms with Gasteiger partial charge in [-0.2, -0.15) is 5.26 Å². The Balaban J connectivity index is 0.00000225. The van der Waals surface area contributed by atoms with E-state index < -0.39 is 5.91 Å². The number of nitrogens with two attached hydrogens (primary N) is 1. The van der Waals surface area contributed by atoms with E-state index in [1.165, 1.54) is 11.3 Å². The molecule has 1 aromatic carbocycles. The number of amides is 2. The molecule has 130 valence electrons. The molecule has 0 saturated carbocycles. The molecule has 0 fully saturated rings. The molecule has 3 N–H and O–H groups in total. The molecule has 3 rings (SSSR count). The number of carbonyl (C=O) groups is 2. The van der Waals surface area contributed by atoms with Gasteiger partial charge in [-0.15, -0.1) is 23.7 Å². The molecule has 1 aliphatic heterocycles. The van der Waals surface area contributed by atoms with Crippen LogP contribution in [-0.4, -0.2) is 30.3 Å². The molecule has 1 aromatic heterocycles. The third-order valence-corrected chi connectivity index (χ3v) is 5.13. The number of hydrogen-bond acceptors (Lipinski definition) is 5. The summed E-state index contributed by atoms with van der Waals surface area (Å²) in [5.41, 5.74) is 7.81. The topological polar surface area (TPSA) is 99.2 Å². The van der Waals surface area contributed by atoms with Gasteiger partial charge in [0, 0.05) is 23.5 Å². The second kappa shape index (κ2) is 7.66. The van der Waals surface area contributed by atoms with E-state index in [1.54, 1.807) is 24.3 Å². The molecular formula is C17H17ClN4O2S. The number of likely N-dealkylation sites (N-methyl/N-ethyl adjacent to an activating group) is 1. The van der Waals surface area contributed by atoms with Crippen molar-refractivity contribution in [2.45, 2.75) is 13.0 Å². The lowest BCUT2D eigenvalue weighted by molar-refractivity contribution is 0.1000. The highest BCUT2D eigenvalue weighted by atomic mass is 35.5. The van der Waals surface area contributed by atoms with E-state index >= 15 is 0 Å². The number of fused-ring (bicyclic) bond motifs is 1. The van der Waals surface area contributed by atoms with Gasteiger partial charge in [-0.3, -0.25) is 9.59 Å². The van der Waals surface area contributed by atoms with Gasteiger partial charge in [-0.25, -0.2) is 0 Å². The number of thiophene rings is 1.